The second kappa shape index (κ2) is 7.85. The monoisotopic (exact) mass is 317 g/mol. The van der Waals surface area contributed by atoms with Crippen molar-refractivity contribution in [2.75, 3.05) is 30.9 Å². The molecule has 0 saturated carbocycles. The third-order valence-electron chi connectivity index (χ3n) is 2.99. The van der Waals surface area contributed by atoms with Gasteiger partial charge in [0.15, 0.2) is 0 Å². The lowest BCUT2D eigenvalue weighted by atomic mass is 10.4. The van der Waals surface area contributed by atoms with Gasteiger partial charge in [0.2, 0.25) is 10.0 Å². The summed E-state index contributed by atoms with van der Waals surface area (Å²) in [5.74, 6) is 1.36. The normalized spacial score (nSPS) is 13.4. The summed E-state index contributed by atoms with van der Waals surface area (Å²) >= 11 is 1.63. The minimum atomic E-state index is -3.47. The molecule has 114 valence electrons. The molecular weight excluding hydrogens is 294 g/mol. The van der Waals surface area contributed by atoms with Crippen molar-refractivity contribution in [2.24, 2.45) is 0 Å². The number of nitrogens with zero attached hydrogens (tertiary/aromatic N) is 2. The van der Waals surface area contributed by atoms with Crippen LogP contribution in [0.1, 0.15) is 20.3 Å². The molecule has 0 aliphatic rings. The van der Waals surface area contributed by atoms with Gasteiger partial charge in [0.1, 0.15) is 5.82 Å². The van der Waals surface area contributed by atoms with Crippen molar-refractivity contribution in [3.05, 3.63) is 18.3 Å². The Labute approximate surface area is 126 Å². The minimum Gasteiger partial charge on any atom is -0.370 e. The number of sulfonamides is 1. The van der Waals surface area contributed by atoms with Crippen LogP contribution >= 0.6 is 11.8 Å². The third kappa shape index (κ3) is 4.36. The standard InChI is InChI=1S/C13H23N3O2S2/c1-5-7-14-13-9-12(6-8-15-13)20(17,18)16(3)11(2)10-19-4/h6,8-9,11H,5,7,10H2,1-4H3,(H,14,15). The molecule has 1 unspecified atom stereocenters. The molecular formula is C13H23N3O2S2. The topological polar surface area (TPSA) is 62.3 Å². The highest BCUT2D eigenvalue weighted by Crippen LogP contribution is 2.19. The van der Waals surface area contributed by atoms with Gasteiger partial charge in [-0.05, 0) is 25.7 Å². The Hall–Kier alpha value is -0.790. The van der Waals surface area contributed by atoms with E-state index in [9.17, 15) is 8.42 Å². The smallest absolute Gasteiger partial charge is 0.243 e. The lowest BCUT2D eigenvalue weighted by Crippen LogP contribution is -2.36. The number of nitrogens with one attached hydrogen (secondary N) is 1. The first-order valence-corrected chi connectivity index (χ1v) is 9.43. The molecule has 1 heterocycles. The summed E-state index contributed by atoms with van der Waals surface area (Å²) in [6.45, 7) is 4.73. The Morgan fingerprint density at radius 3 is 2.80 bits per heavy atom. The zero-order chi connectivity index (χ0) is 15.2. The summed E-state index contributed by atoms with van der Waals surface area (Å²) in [7, 11) is -1.85. The van der Waals surface area contributed by atoms with Gasteiger partial charge in [0, 0.05) is 37.7 Å². The van der Waals surface area contributed by atoms with E-state index in [1.807, 2.05) is 20.1 Å². The van der Waals surface area contributed by atoms with Crippen LogP contribution in [0.3, 0.4) is 0 Å². The average molecular weight is 317 g/mol. The van der Waals surface area contributed by atoms with Crippen molar-refractivity contribution in [2.45, 2.75) is 31.2 Å². The first kappa shape index (κ1) is 17.3. The molecule has 1 atom stereocenters. The zero-order valence-electron chi connectivity index (χ0n) is 12.5. The number of thioether (sulfide) groups is 1. The fourth-order valence-corrected chi connectivity index (χ4v) is 3.85. The lowest BCUT2D eigenvalue weighted by Gasteiger charge is -2.23. The zero-order valence-corrected chi connectivity index (χ0v) is 14.1. The average Bonchev–Trinajstić information content (AvgIpc) is 2.44. The fourth-order valence-electron chi connectivity index (χ4n) is 1.67. The Kier molecular flexibility index (Phi) is 6.78. The number of anilines is 1. The molecule has 0 aliphatic carbocycles. The molecule has 0 saturated heterocycles. The van der Waals surface area contributed by atoms with E-state index in [2.05, 4.69) is 10.3 Å². The molecule has 1 aromatic rings. The minimum absolute atomic E-state index is 0.0461. The van der Waals surface area contributed by atoms with Crippen molar-refractivity contribution < 1.29 is 8.42 Å². The second-order valence-electron chi connectivity index (χ2n) is 4.63. The highest BCUT2D eigenvalue weighted by atomic mass is 32.2. The Balaban J connectivity index is 2.97. The molecule has 0 spiro atoms. The van der Waals surface area contributed by atoms with Gasteiger partial charge in [-0.25, -0.2) is 13.4 Å². The van der Waals surface area contributed by atoms with E-state index in [0.717, 1.165) is 18.7 Å². The fraction of sp³-hybridized carbons (Fsp3) is 0.615. The summed E-state index contributed by atoms with van der Waals surface area (Å²) in [4.78, 5) is 4.41. The van der Waals surface area contributed by atoms with Gasteiger partial charge in [-0.2, -0.15) is 16.1 Å². The van der Waals surface area contributed by atoms with E-state index in [0.29, 0.717) is 5.82 Å². The van der Waals surface area contributed by atoms with Crippen LogP contribution in [0.2, 0.25) is 0 Å². The summed E-state index contributed by atoms with van der Waals surface area (Å²) in [5, 5.41) is 3.10. The van der Waals surface area contributed by atoms with Crippen LogP contribution in [0, 0.1) is 0 Å². The van der Waals surface area contributed by atoms with Crippen LogP contribution in [-0.4, -0.2) is 49.3 Å². The first-order chi connectivity index (χ1) is 9.43. The van der Waals surface area contributed by atoms with Gasteiger partial charge < -0.3 is 5.32 Å². The highest BCUT2D eigenvalue weighted by Gasteiger charge is 2.25. The number of pyridine rings is 1. The van der Waals surface area contributed by atoms with Crippen molar-refractivity contribution in [3.8, 4) is 0 Å². The maximum atomic E-state index is 12.5. The maximum absolute atomic E-state index is 12.5. The molecule has 0 aromatic carbocycles. The van der Waals surface area contributed by atoms with Crippen molar-refractivity contribution in [1.82, 2.24) is 9.29 Å². The first-order valence-electron chi connectivity index (χ1n) is 6.60. The molecule has 1 N–H and O–H groups in total. The van der Waals surface area contributed by atoms with E-state index >= 15 is 0 Å². The molecule has 7 heteroatoms. The van der Waals surface area contributed by atoms with E-state index in [4.69, 9.17) is 0 Å². The van der Waals surface area contributed by atoms with Crippen LogP contribution in [0.4, 0.5) is 5.82 Å². The van der Waals surface area contributed by atoms with Crippen molar-refractivity contribution >= 4 is 27.6 Å². The van der Waals surface area contributed by atoms with Gasteiger partial charge >= 0.3 is 0 Å². The Bertz CT molecular complexity index is 520. The summed E-state index contributed by atoms with van der Waals surface area (Å²) < 4.78 is 26.5. The largest absolute Gasteiger partial charge is 0.370 e. The summed E-state index contributed by atoms with van der Waals surface area (Å²) in [5.41, 5.74) is 0. The van der Waals surface area contributed by atoms with Gasteiger partial charge in [-0.1, -0.05) is 6.92 Å². The Morgan fingerprint density at radius 2 is 2.20 bits per heavy atom. The molecule has 1 aromatic heterocycles. The second-order valence-corrected chi connectivity index (χ2v) is 7.54. The maximum Gasteiger partial charge on any atom is 0.243 e. The van der Waals surface area contributed by atoms with Crippen LogP contribution in [-0.2, 0) is 10.0 Å². The molecule has 0 fully saturated rings. The van der Waals surface area contributed by atoms with E-state index in [1.54, 1.807) is 24.9 Å². The molecule has 0 radical (unpaired) electrons. The van der Waals surface area contributed by atoms with Crippen molar-refractivity contribution in [1.29, 1.82) is 0 Å². The van der Waals surface area contributed by atoms with Crippen LogP contribution in [0.5, 0.6) is 0 Å². The number of hydrogen-bond donors (Lipinski definition) is 1. The molecule has 5 nitrogen and oxygen atoms in total. The summed E-state index contributed by atoms with van der Waals surface area (Å²) in [6.07, 6.45) is 4.46. The molecule has 1 rings (SSSR count). The van der Waals surface area contributed by atoms with Gasteiger partial charge in [-0.15, -0.1) is 0 Å². The van der Waals surface area contributed by atoms with Gasteiger partial charge in [0.05, 0.1) is 4.90 Å². The lowest BCUT2D eigenvalue weighted by molar-refractivity contribution is 0.415. The van der Waals surface area contributed by atoms with Crippen molar-refractivity contribution in [3.63, 3.8) is 0 Å². The molecule has 0 amide bonds. The molecule has 20 heavy (non-hydrogen) atoms. The SMILES string of the molecule is CCCNc1cc(S(=O)(=O)N(C)C(C)CSC)ccn1. The van der Waals surface area contributed by atoms with Crippen LogP contribution in [0.25, 0.3) is 0 Å². The van der Waals surface area contributed by atoms with E-state index in [-0.39, 0.29) is 10.9 Å². The number of hydrogen-bond acceptors (Lipinski definition) is 5. The predicted molar refractivity (Wildman–Crippen MR) is 85.8 cm³/mol. The quantitative estimate of drug-likeness (QED) is 0.797. The molecule has 0 aliphatic heterocycles. The highest BCUT2D eigenvalue weighted by molar-refractivity contribution is 7.98. The number of rotatable bonds is 8. The van der Waals surface area contributed by atoms with Gasteiger partial charge in [0.25, 0.3) is 0 Å². The van der Waals surface area contributed by atoms with Gasteiger partial charge in [-0.3, -0.25) is 0 Å². The summed E-state index contributed by atoms with van der Waals surface area (Å²) in [6, 6.07) is 3.08. The van der Waals surface area contributed by atoms with E-state index < -0.39 is 10.0 Å². The predicted octanol–water partition coefficient (Wildman–Crippen LogP) is 2.28. The molecule has 0 bridgehead atoms. The van der Waals surface area contributed by atoms with Crippen LogP contribution in [0.15, 0.2) is 23.2 Å². The van der Waals surface area contributed by atoms with Crippen LogP contribution < -0.4 is 5.32 Å². The number of aromatic nitrogens is 1. The Morgan fingerprint density at radius 1 is 1.50 bits per heavy atom. The third-order valence-corrected chi connectivity index (χ3v) is 5.78. The van der Waals surface area contributed by atoms with E-state index in [1.165, 1.54) is 16.6 Å².